The zero-order valence-corrected chi connectivity index (χ0v) is 15.9. The molecule has 26 heavy (non-hydrogen) atoms. The van der Waals surface area contributed by atoms with E-state index in [2.05, 4.69) is 4.90 Å². The minimum absolute atomic E-state index is 0.132. The number of hydrogen-bond acceptors (Lipinski definition) is 5. The quantitative estimate of drug-likeness (QED) is 0.867. The molecule has 1 aliphatic heterocycles. The van der Waals surface area contributed by atoms with Crippen molar-refractivity contribution in [3.8, 4) is 11.5 Å². The van der Waals surface area contributed by atoms with E-state index in [1.807, 2.05) is 23.1 Å². The molecular formula is C20H31N3O3. The first-order chi connectivity index (χ1) is 12.6. The monoisotopic (exact) mass is 361 g/mol. The minimum atomic E-state index is 0.132. The Kier molecular flexibility index (Phi) is 6.38. The van der Waals surface area contributed by atoms with Crippen molar-refractivity contribution < 1.29 is 14.3 Å². The Labute approximate surface area is 156 Å². The van der Waals surface area contributed by atoms with Gasteiger partial charge in [-0.2, -0.15) is 0 Å². The average molecular weight is 361 g/mol. The summed E-state index contributed by atoms with van der Waals surface area (Å²) < 4.78 is 10.7. The number of rotatable bonds is 5. The summed E-state index contributed by atoms with van der Waals surface area (Å²) in [5.41, 5.74) is 7.21. The molecule has 6 heteroatoms. The molecule has 1 amide bonds. The molecule has 0 bridgehead atoms. The number of piperazine rings is 1. The van der Waals surface area contributed by atoms with Crippen LogP contribution in [0.3, 0.4) is 0 Å². The first-order valence-electron chi connectivity index (χ1n) is 9.57. The summed E-state index contributed by atoms with van der Waals surface area (Å²) in [6.07, 6.45) is 3.98. The molecule has 144 valence electrons. The maximum atomic E-state index is 12.7. The highest BCUT2D eigenvalue weighted by molar-refractivity contribution is 5.79. The van der Waals surface area contributed by atoms with Gasteiger partial charge >= 0.3 is 0 Å². The molecule has 1 aromatic carbocycles. The number of nitrogens with two attached hydrogens (primary N) is 1. The third-order valence-corrected chi connectivity index (χ3v) is 5.57. The van der Waals surface area contributed by atoms with Crippen LogP contribution in [0.2, 0.25) is 0 Å². The van der Waals surface area contributed by atoms with Gasteiger partial charge in [-0.3, -0.25) is 9.69 Å². The first-order valence-corrected chi connectivity index (χ1v) is 9.57. The lowest BCUT2D eigenvalue weighted by Crippen LogP contribution is -2.50. The molecule has 1 saturated heterocycles. The maximum absolute atomic E-state index is 12.7. The molecule has 3 rings (SSSR count). The molecule has 2 N–H and O–H groups in total. The molecule has 1 aromatic rings. The SMILES string of the molecule is COc1cc(CN2CCN(C(=O)C3CCCC(N)C3)CC2)cc(OC)c1. The predicted molar refractivity (Wildman–Crippen MR) is 101 cm³/mol. The van der Waals surface area contributed by atoms with Gasteiger partial charge in [-0.1, -0.05) is 6.42 Å². The summed E-state index contributed by atoms with van der Waals surface area (Å²) in [5.74, 6) is 2.05. The summed E-state index contributed by atoms with van der Waals surface area (Å²) in [4.78, 5) is 17.2. The molecule has 2 fully saturated rings. The second kappa shape index (κ2) is 8.73. The molecule has 0 radical (unpaired) electrons. The van der Waals surface area contributed by atoms with Crippen molar-refractivity contribution in [3.05, 3.63) is 23.8 Å². The van der Waals surface area contributed by atoms with Gasteiger partial charge in [-0.05, 0) is 37.0 Å². The second-order valence-corrected chi connectivity index (χ2v) is 7.45. The minimum Gasteiger partial charge on any atom is -0.497 e. The number of methoxy groups -OCH3 is 2. The Morgan fingerprint density at radius 2 is 1.73 bits per heavy atom. The Morgan fingerprint density at radius 3 is 2.31 bits per heavy atom. The van der Waals surface area contributed by atoms with E-state index in [0.717, 1.165) is 69.9 Å². The third kappa shape index (κ3) is 4.68. The van der Waals surface area contributed by atoms with Crippen LogP contribution in [0.25, 0.3) is 0 Å². The van der Waals surface area contributed by atoms with Crippen LogP contribution in [0.1, 0.15) is 31.2 Å². The molecule has 1 aliphatic carbocycles. The van der Waals surface area contributed by atoms with E-state index < -0.39 is 0 Å². The number of carbonyl (C=O) groups is 1. The highest BCUT2D eigenvalue weighted by Crippen LogP contribution is 2.26. The van der Waals surface area contributed by atoms with Gasteiger partial charge in [0.1, 0.15) is 11.5 Å². The van der Waals surface area contributed by atoms with Crippen LogP contribution in [-0.4, -0.2) is 62.1 Å². The third-order valence-electron chi connectivity index (χ3n) is 5.57. The van der Waals surface area contributed by atoms with E-state index >= 15 is 0 Å². The predicted octanol–water partition coefficient (Wildman–Crippen LogP) is 1.87. The lowest BCUT2D eigenvalue weighted by atomic mass is 9.85. The summed E-state index contributed by atoms with van der Waals surface area (Å²) in [5, 5.41) is 0. The molecule has 6 nitrogen and oxygen atoms in total. The van der Waals surface area contributed by atoms with E-state index in [1.165, 1.54) is 5.56 Å². The van der Waals surface area contributed by atoms with Gasteiger partial charge in [0.05, 0.1) is 14.2 Å². The van der Waals surface area contributed by atoms with Gasteiger partial charge in [-0.15, -0.1) is 0 Å². The van der Waals surface area contributed by atoms with Crippen LogP contribution in [0.15, 0.2) is 18.2 Å². The highest BCUT2D eigenvalue weighted by atomic mass is 16.5. The summed E-state index contributed by atoms with van der Waals surface area (Å²) in [6.45, 7) is 4.22. The Hall–Kier alpha value is -1.79. The van der Waals surface area contributed by atoms with Gasteiger partial charge in [0.25, 0.3) is 0 Å². The van der Waals surface area contributed by atoms with E-state index in [0.29, 0.717) is 5.91 Å². The molecule has 2 atom stereocenters. The normalized spacial score (nSPS) is 24.3. The first kappa shape index (κ1) is 19.0. The van der Waals surface area contributed by atoms with Gasteiger partial charge in [0.15, 0.2) is 0 Å². The molecule has 2 aliphatic rings. The number of carbonyl (C=O) groups excluding carboxylic acids is 1. The van der Waals surface area contributed by atoms with Crippen LogP contribution >= 0.6 is 0 Å². The van der Waals surface area contributed by atoms with E-state index in [-0.39, 0.29) is 12.0 Å². The smallest absolute Gasteiger partial charge is 0.225 e. The fourth-order valence-corrected chi connectivity index (χ4v) is 4.05. The molecular weight excluding hydrogens is 330 g/mol. The van der Waals surface area contributed by atoms with E-state index in [9.17, 15) is 4.79 Å². The molecule has 0 aromatic heterocycles. The van der Waals surface area contributed by atoms with Crippen LogP contribution < -0.4 is 15.2 Å². The number of hydrogen-bond donors (Lipinski definition) is 1. The van der Waals surface area contributed by atoms with Crippen molar-refractivity contribution in [2.45, 2.75) is 38.3 Å². The highest BCUT2D eigenvalue weighted by Gasteiger charge is 2.30. The summed E-state index contributed by atoms with van der Waals surface area (Å²) >= 11 is 0. The van der Waals surface area contributed by atoms with Crippen molar-refractivity contribution in [2.75, 3.05) is 40.4 Å². The topological polar surface area (TPSA) is 68.0 Å². The lowest BCUT2D eigenvalue weighted by Gasteiger charge is -2.37. The second-order valence-electron chi connectivity index (χ2n) is 7.45. The lowest BCUT2D eigenvalue weighted by molar-refractivity contribution is -0.138. The van der Waals surface area contributed by atoms with Gasteiger partial charge in [-0.25, -0.2) is 0 Å². The maximum Gasteiger partial charge on any atom is 0.225 e. The van der Waals surface area contributed by atoms with Gasteiger partial charge in [0.2, 0.25) is 5.91 Å². The van der Waals surface area contributed by atoms with Gasteiger partial charge < -0.3 is 20.1 Å². The van der Waals surface area contributed by atoms with E-state index in [4.69, 9.17) is 15.2 Å². The number of amides is 1. The number of ether oxygens (including phenoxy) is 2. The fourth-order valence-electron chi connectivity index (χ4n) is 4.05. The molecule has 1 saturated carbocycles. The molecule has 2 unspecified atom stereocenters. The zero-order valence-electron chi connectivity index (χ0n) is 15.9. The van der Waals surface area contributed by atoms with Crippen molar-refractivity contribution in [1.82, 2.24) is 9.80 Å². The zero-order chi connectivity index (χ0) is 18.5. The van der Waals surface area contributed by atoms with Crippen molar-refractivity contribution in [2.24, 2.45) is 11.7 Å². The summed E-state index contributed by atoms with van der Waals surface area (Å²) in [7, 11) is 3.33. The van der Waals surface area contributed by atoms with Crippen LogP contribution in [0.4, 0.5) is 0 Å². The van der Waals surface area contributed by atoms with E-state index in [1.54, 1.807) is 14.2 Å². The molecule has 0 spiro atoms. The Balaban J connectivity index is 1.53. The Bertz CT molecular complexity index is 592. The van der Waals surface area contributed by atoms with Gasteiger partial charge in [0, 0.05) is 50.7 Å². The fraction of sp³-hybridized carbons (Fsp3) is 0.650. The largest absolute Gasteiger partial charge is 0.497 e. The average Bonchev–Trinajstić information content (AvgIpc) is 2.67. The summed E-state index contributed by atoms with van der Waals surface area (Å²) in [6, 6.07) is 6.17. The van der Waals surface area contributed by atoms with Crippen molar-refractivity contribution in [3.63, 3.8) is 0 Å². The number of benzene rings is 1. The van der Waals surface area contributed by atoms with Crippen LogP contribution in [0.5, 0.6) is 11.5 Å². The molecule has 1 heterocycles. The Morgan fingerprint density at radius 1 is 1.08 bits per heavy atom. The standard InChI is InChI=1S/C20H31N3O3/c1-25-18-10-15(11-19(13-18)26-2)14-22-6-8-23(9-7-22)20(24)16-4-3-5-17(21)12-16/h10-11,13,16-17H,3-9,12,14,21H2,1-2H3. The number of nitrogens with zero attached hydrogens (tertiary/aromatic N) is 2. The van der Waals surface area contributed by atoms with Crippen molar-refractivity contribution in [1.29, 1.82) is 0 Å². The van der Waals surface area contributed by atoms with Crippen LogP contribution in [-0.2, 0) is 11.3 Å². The van der Waals surface area contributed by atoms with Crippen LogP contribution in [0, 0.1) is 5.92 Å². The van der Waals surface area contributed by atoms with Crippen molar-refractivity contribution >= 4 is 5.91 Å².